The second kappa shape index (κ2) is 4.16. The van der Waals surface area contributed by atoms with Crippen molar-refractivity contribution in [1.82, 2.24) is 4.98 Å². The molecule has 0 atom stereocenters. The van der Waals surface area contributed by atoms with Crippen LogP contribution in [0.5, 0.6) is 5.75 Å². The first-order chi connectivity index (χ1) is 8.60. The smallest absolute Gasteiger partial charge is 0.201 e. The highest BCUT2D eigenvalue weighted by molar-refractivity contribution is 6.36. The van der Waals surface area contributed by atoms with Gasteiger partial charge in [-0.05, 0) is 25.0 Å². The van der Waals surface area contributed by atoms with E-state index in [2.05, 4.69) is 11.9 Å². The van der Waals surface area contributed by atoms with E-state index in [1.165, 1.54) is 19.3 Å². The highest BCUT2D eigenvalue weighted by Crippen LogP contribution is 2.41. The third kappa shape index (κ3) is 1.77. The normalized spacial score (nSPS) is 19.2. The quantitative estimate of drug-likeness (QED) is 0.831. The molecule has 0 bridgehead atoms. The van der Waals surface area contributed by atoms with E-state index in [1.807, 2.05) is 0 Å². The van der Waals surface area contributed by atoms with Crippen LogP contribution < -0.4 is 0 Å². The topological polar surface area (TPSA) is 46.3 Å². The Bertz CT molecular complexity index is 585. The maximum atomic E-state index is 9.58. The van der Waals surface area contributed by atoms with Crippen LogP contribution in [0.25, 0.3) is 11.1 Å². The lowest BCUT2D eigenvalue weighted by Gasteiger charge is -2.30. The lowest BCUT2D eigenvalue weighted by Crippen LogP contribution is -2.25. The highest BCUT2D eigenvalue weighted by atomic mass is 35.5. The van der Waals surface area contributed by atoms with Gasteiger partial charge in [-0.2, -0.15) is 0 Å². The fourth-order valence-corrected chi connectivity index (χ4v) is 2.95. The molecule has 1 saturated carbocycles. The van der Waals surface area contributed by atoms with Gasteiger partial charge in [-0.15, -0.1) is 0 Å². The fourth-order valence-electron chi connectivity index (χ4n) is 2.75. The van der Waals surface area contributed by atoms with Gasteiger partial charge in [-0.1, -0.05) is 37.8 Å². The Hall–Kier alpha value is -1.22. The minimum absolute atomic E-state index is 0.0101. The molecule has 2 aromatic rings. The second-order valence-electron chi connectivity index (χ2n) is 5.39. The zero-order valence-electron chi connectivity index (χ0n) is 10.4. The van der Waals surface area contributed by atoms with Crippen LogP contribution in [0.3, 0.4) is 0 Å². The molecule has 0 amide bonds. The van der Waals surface area contributed by atoms with E-state index in [9.17, 15) is 5.11 Å². The summed E-state index contributed by atoms with van der Waals surface area (Å²) in [5, 5.41) is 9.84. The summed E-state index contributed by atoms with van der Waals surface area (Å²) >= 11 is 6.04. The molecule has 1 aliphatic carbocycles. The zero-order chi connectivity index (χ0) is 12.8. The van der Waals surface area contributed by atoms with E-state index in [0.29, 0.717) is 5.58 Å². The zero-order valence-corrected chi connectivity index (χ0v) is 11.1. The molecule has 0 saturated heterocycles. The van der Waals surface area contributed by atoms with Crippen LogP contribution in [0.4, 0.5) is 0 Å². The largest absolute Gasteiger partial charge is 0.506 e. The first-order valence-corrected chi connectivity index (χ1v) is 6.76. The van der Waals surface area contributed by atoms with Crippen molar-refractivity contribution in [3.05, 3.63) is 23.0 Å². The molecule has 0 aliphatic heterocycles. The number of phenolic OH excluding ortho intramolecular Hbond substituents is 1. The Kier molecular flexibility index (Phi) is 2.74. The molecule has 18 heavy (non-hydrogen) atoms. The number of aromatic nitrogens is 1. The summed E-state index contributed by atoms with van der Waals surface area (Å²) in [7, 11) is 0. The average Bonchev–Trinajstić information content (AvgIpc) is 2.80. The number of oxazole rings is 1. The molecule has 1 aromatic heterocycles. The number of nitrogens with zero attached hydrogens (tertiary/aromatic N) is 1. The predicted molar refractivity (Wildman–Crippen MR) is 71.1 cm³/mol. The first kappa shape index (κ1) is 11.8. The van der Waals surface area contributed by atoms with E-state index in [-0.39, 0.29) is 16.2 Å². The summed E-state index contributed by atoms with van der Waals surface area (Å²) in [5.74, 6) is 0.797. The number of hydrogen-bond donors (Lipinski definition) is 1. The van der Waals surface area contributed by atoms with E-state index in [1.54, 1.807) is 12.1 Å². The highest BCUT2D eigenvalue weighted by Gasteiger charge is 2.34. The summed E-state index contributed by atoms with van der Waals surface area (Å²) in [6, 6.07) is 3.30. The van der Waals surface area contributed by atoms with Crippen LogP contribution in [0.15, 0.2) is 16.5 Å². The van der Waals surface area contributed by atoms with Crippen LogP contribution in [-0.4, -0.2) is 10.1 Å². The number of halogens is 1. The number of phenols is 1. The van der Waals surface area contributed by atoms with Gasteiger partial charge in [0, 0.05) is 5.41 Å². The maximum Gasteiger partial charge on any atom is 0.201 e. The molecule has 0 radical (unpaired) electrons. The predicted octanol–water partition coefficient (Wildman–Crippen LogP) is 4.41. The molecule has 1 fully saturated rings. The van der Waals surface area contributed by atoms with E-state index < -0.39 is 0 Å². The molecule has 3 rings (SSSR count). The van der Waals surface area contributed by atoms with E-state index in [4.69, 9.17) is 16.0 Å². The van der Waals surface area contributed by atoms with Crippen LogP contribution in [0.1, 0.15) is 44.9 Å². The molecule has 1 N–H and O–H groups in total. The van der Waals surface area contributed by atoms with Gasteiger partial charge in [0.15, 0.2) is 5.58 Å². The van der Waals surface area contributed by atoms with E-state index in [0.717, 1.165) is 24.2 Å². The van der Waals surface area contributed by atoms with Crippen LogP contribution in [-0.2, 0) is 5.41 Å². The summed E-state index contributed by atoms with van der Waals surface area (Å²) in [4.78, 5) is 4.55. The Balaban J connectivity index is 2.10. The molecular formula is C14H16ClNO2. The van der Waals surface area contributed by atoms with Crippen molar-refractivity contribution in [2.24, 2.45) is 0 Å². The molecular weight excluding hydrogens is 250 g/mol. The molecule has 4 heteroatoms. The number of hydrogen-bond acceptors (Lipinski definition) is 3. The number of fused-ring (bicyclic) bond motifs is 1. The lowest BCUT2D eigenvalue weighted by atomic mass is 9.76. The van der Waals surface area contributed by atoms with Crippen LogP contribution >= 0.6 is 11.6 Å². The van der Waals surface area contributed by atoms with Gasteiger partial charge in [0.1, 0.15) is 16.3 Å². The van der Waals surface area contributed by atoms with Gasteiger partial charge in [-0.3, -0.25) is 0 Å². The summed E-state index contributed by atoms with van der Waals surface area (Å²) in [6.07, 6.45) is 5.92. The van der Waals surface area contributed by atoms with Crippen molar-refractivity contribution in [2.75, 3.05) is 0 Å². The van der Waals surface area contributed by atoms with Crippen molar-refractivity contribution in [3.8, 4) is 5.75 Å². The van der Waals surface area contributed by atoms with Gasteiger partial charge in [0.05, 0.1) is 0 Å². The first-order valence-electron chi connectivity index (χ1n) is 6.39. The van der Waals surface area contributed by atoms with Gasteiger partial charge in [0.25, 0.3) is 0 Å². The Morgan fingerprint density at radius 1 is 1.28 bits per heavy atom. The summed E-state index contributed by atoms with van der Waals surface area (Å²) in [5.41, 5.74) is 1.23. The molecule has 1 aliphatic rings. The number of rotatable bonds is 1. The molecule has 3 nitrogen and oxygen atoms in total. The average molecular weight is 266 g/mol. The minimum atomic E-state index is 0.0101. The molecule has 0 spiro atoms. The standard InChI is InChI=1S/C14H16ClNO2/c1-14(7-3-2-4-8-14)13-16-9-5-6-10(17)11(15)12(9)18-13/h5-6,17H,2-4,7-8H2,1H3. The molecule has 1 heterocycles. The van der Waals surface area contributed by atoms with Crippen LogP contribution in [0.2, 0.25) is 5.02 Å². The Morgan fingerprint density at radius 3 is 2.72 bits per heavy atom. The minimum Gasteiger partial charge on any atom is -0.506 e. The van der Waals surface area contributed by atoms with E-state index >= 15 is 0 Å². The third-order valence-electron chi connectivity index (χ3n) is 3.95. The van der Waals surface area contributed by atoms with Gasteiger partial charge >= 0.3 is 0 Å². The van der Waals surface area contributed by atoms with Gasteiger partial charge in [-0.25, -0.2) is 4.98 Å². The van der Waals surface area contributed by atoms with Gasteiger partial charge < -0.3 is 9.52 Å². The monoisotopic (exact) mass is 265 g/mol. The summed E-state index contributed by atoms with van der Waals surface area (Å²) < 4.78 is 5.82. The third-order valence-corrected chi connectivity index (χ3v) is 4.32. The molecule has 0 unspecified atom stereocenters. The van der Waals surface area contributed by atoms with Crippen LogP contribution in [0, 0.1) is 0 Å². The second-order valence-corrected chi connectivity index (χ2v) is 5.77. The van der Waals surface area contributed by atoms with Crippen molar-refractivity contribution in [3.63, 3.8) is 0 Å². The van der Waals surface area contributed by atoms with Crippen molar-refractivity contribution >= 4 is 22.7 Å². The molecule has 96 valence electrons. The fraction of sp³-hybridized carbons (Fsp3) is 0.500. The SMILES string of the molecule is CC1(c2nc3ccc(O)c(Cl)c3o2)CCCCC1. The number of aromatic hydroxyl groups is 1. The Labute approximate surface area is 111 Å². The lowest BCUT2D eigenvalue weighted by molar-refractivity contribution is 0.263. The number of benzene rings is 1. The summed E-state index contributed by atoms with van der Waals surface area (Å²) in [6.45, 7) is 2.20. The van der Waals surface area contributed by atoms with Crippen molar-refractivity contribution in [1.29, 1.82) is 0 Å². The Morgan fingerprint density at radius 2 is 2.00 bits per heavy atom. The van der Waals surface area contributed by atoms with Crippen molar-refractivity contribution < 1.29 is 9.52 Å². The van der Waals surface area contributed by atoms with Gasteiger partial charge in [0.2, 0.25) is 5.89 Å². The molecule has 1 aromatic carbocycles. The van der Waals surface area contributed by atoms with Crippen molar-refractivity contribution in [2.45, 2.75) is 44.4 Å². The maximum absolute atomic E-state index is 9.58.